The first kappa shape index (κ1) is 45.3. The van der Waals surface area contributed by atoms with Crippen molar-refractivity contribution in [2.45, 2.75) is 0 Å². The molecule has 362 valence electrons. The Balaban J connectivity index is 1.16. The first-order valence-corrected chi connectivity index (χ1v) is 27.1. The summed E-state index contributed by atoms with van der Waals surface area (Å²) < 4.78 is 0. The van der Waals surface area contributed by atoms with Crippen molar-refractivity contribution in [2.24, 2.45) is 0 Å². The van der Waals surface area contributed by atoms with Gasteiger partial charge in [0, 0.05) is 0 Å². The lowest BCUT2D eigenvalue weighted by atomic mass is 9.77. The van der Waals surface area contributed by atoms with E-state index in [2.05, 4.69) is 303 Å². The molecule has 0 aliphatic heterocycles. The fourth-order valence-corrected chi connectivity index (χ4v) is 13.0. The zero-order chi connectivity index (χ0) is 51.5. The maximum absolute atomic E-state index is 2.55. The van der Waals surface area contributed by atoms with Crippen LogP contribution >= 0.6 is 0 Å². The Morgan fingerprint density at radius 1 is 0.128 bits per heavy atom. The van der Waals surface area contributed by atoms with E-state index in [9.17, 15) is 0 Å². The number of fused-ring (bicyclic) bond motifs is 7. The van der Waals surface area contributed by atoms with Crippen LogP contribution in [0, 0.1) is 0 Å². The second-order valence-electron chi connectivity index (χ2n) is 20.5. The van der Waals surface area contributed by atoms with Crippen molar-refractivity contribution in [2.75, 3.05) is 0 Å². The number of rotatable bonds is 8. The lowest BCUT2D eigenvalue weighted by molar-refractivity contribution is 1.60. The van der Waals surface area contributed by atoms with Crippen molar-refractivity contribution in [1.29, 1.82) is 0 Å². The zero-order valence-electron chi connectivity index (χ0n) is 42.9. The summed E-state index contributed by atoms with van der Waals surface area (Å²) in [7, 11) is 0. The van der Waals surface area contributed by atoms with E-state index >= 15 is 0 Å². The average molecular weight is 987 g/mol. The summed E-state index contributed by atoms with van der Waals surface area (Å²) in [6.07, 6.45) is 0. The Bertz CT molecular complexity index is 4350. The largest absolute Gasteiger partial charge is 0.0622 e. The molecule has 0 nitrogen and oxygen atoms in total. The van der Waals surface area contributed by atoms with Gasteiger partial charge in [-0.3, -0.25) is 0 Å². The van der Waals surface area contributed by atoms with Crippen molar-refractivity contribution in [3.05, 3.63) is 303 Å². The Morgan fingerprint density at radius 3 is 0.590 bits per heavy atom. The highest BCUT2D eigenvalue weighted by Crippen LogP contribution is 2.55. The Hall–Kier alpha value is -10.1. The van der Waals surface area contributed by atoms with Crippen LogP contribution in [-0.4, -0.2) is 0 Å². The molecule has 0 aromatic heterocycles. The molecule has 0 amide bonds. The van der Waals surface area contributed by atoms with Gasteiger partial charge in [-0.25, -0.2) is 0 Å². The van der Waals surface area contributed by atoms with Crippen LogP contribution in [0.4, 0.5) is 0 Å². The third kappa shape index (κ3) is 7.30. The van der Waals surface area contributed by atoms with Gasteiger partial charge in [0.1, 0.15) is 0 Å². The van der Waals surface area contributed by atoms with Gasteiger partial charge < -0.3 is 0 Å². The molecule has 0 saturated heterocycles. The minimum absolute atomic E-state index is 1.17. The normalized spacial score (nSPS) is 11.6. The zero-order valence-corrected chi connectivity index (χ0v) is 42.9. The third-order valence-electron chi connectivity index (χ3n) is 16.2. The van der Waals surface area contributed by atoms with Crippen molar-refractivity contribution in [3.8, 4) is 89.0 Å². The van der Waals surface area contributed by atoms with E-state index in [4.69, 9.17) is 0 Å². The highest BCUT2D eigenvalue weighted by molar-refractivity contribution is 6.32. The fourth-order valence-electron chi connectivity index (χ4n) is 13.0. The Kier molecular flexibility index (Phi) is 11.0. The summed E-state index contributed by atoms with van der Waals surface area (Å²) >= 11 is 0. The molecular weight excluding hydrogens is 937 g/mol. The Morgan fingerprint density at radius 2 is 0.333 bits per heavy atom. The van der Waals surface area contributed by atoms with E-state index in [0.29, 0.717) is 0 Å². The van der Waals surface area contributed by atoms with E-state index in [1.54, 1.807) is 0 Å². The summed E-state index contributed by atoms with van der Waals surface area (Å²) in [5.74, 6) is 0. The van der Waals surface area contributed by atoms with Gasteiger partial charge in [-0.1, -0.05) is 291 Å². The molecule has 0 unspecified atom stereocenters. The minimum Gasteiger partial charge on any atom is -0.0622 e. The highest BCUT2D eigenvalue weighted by atomic mass is 14.3. The summed E-state index contributed by atoms with van der Waals surface area (Å²) in [6, 6.07) is 113. The first-order chi connectivity index (χ1) is 38.8. The minimum atomic E-state index is 1.17. The van der Waals surface area contributed by atoms with Crippen LogP contribution in [0.2, 0.25) is 0 Å². The lowest BCUT2D eigenvalue weighted by Gasteiger charge is -2.26. The predicted octanol–water partition coefficient (Wildman–Crippen LogP) is 21.9. The van der Waals surface area contributed by atoms with E-state index in [1.807, 2.05) is 0 Å². The second kappa shape index (κ2) is 18.9. The molecule has 0 bridgehead atoms. The van der Waals surface area contributed by atoms with Gasteiger partial charge in [-0.15, -0.1) is 0 Å². The van der Waals surface area contributed by atoms with Gasteiger partial charge in [-0.2, -0.15) is 0 Å². The second-order valence-corrected chi connectivity index (χ2v) is 20.5. The molecule has 0 heteroatoms. The van der Waals surface area contributed by atoms with Crippen molar-refractivity contribution in [1.82, 2.24) is 0 Å². The molecule has 15 rings (SSSR count). The maximum atomic E-state index is 2.55. The molecule has 0 heterocycles. The molecule has 0 atom stereocenters. The summed E-state index contributed by atoms with van der Waals surface area (Å²) in [5, 5.41) is 14.7. The van der Waals surface area contributed by atoms with Gasteiger partial charge in [0.15, 0.2) is 0 Å². The lowest BCUT2D eigenvalue weighted by Crippen LogP contribution is -1.98. The number of benzene rings is 15. The van der Waals surface area contributed by atoms with Crippen LogP contribution in [0.5, 0.6) is 0 Å². The van der Waals surface area contributed by atoms with Crippen LogP contribution in [0.15, 0.2) is 303 Å². The molecule has 0 aliphatic rings. The summed E-state index contributed by atoms with van der Waals surface area (Å²) in [6.45, 7) is 0. The number of hydrogen-bond acceptors (Lipinski definition) is 0. The van der Waals surface area contributed by atoms with E-state index in [-0.39, 0.29) is 0 Å². The van der Waals surface area contributed by atoms with Crippen LogP contribution in [0.25, 0.3) is 154 Å². The fraction of sp³-hybridized carbons (Fsp3) is 0. The van der Waals surface area contributed by atoms with Gasteiger partial charge in [0.05, 0.1) is 0 Å². The third-order valence-corrected chi connectivity index (χ3v) is 16.2. The maximum Gasteiger partial charge on any atom is -0.00137 e. The van der Waals surface area contributed by atoms with E-state index in [1.165, 1.54) is 154 Å². The number of hydrogen-bond donors (Lipinski definition) is 0. The Labute approximate surface area is 454 Å². The molecule has 78 heavy (non-hydrogen) atoms. The molecule has 15 aromatic rings. The van der Waals surface area contributed by atoms with Gasteiger partial charge in [0.25, 0.3) is 0 Å². The topological polar surface area (TPSA) is 0 Å². The molecule has 0 radical (unpaired) electrons. The van der Waals surface area contributed by atoms with Crippen LogP contribution in [-0.2, 0) is 0 Å². The van der Waals surface area contributed by atoms with Gasteiger partial charge in [-0.05, 0) is 166 Å². The monoisotopic (exact) mass is 986 g/mol. The van der Waals surface area contributed by atoms with Crippen LogP contribution < -0.4 is 0 Å². The van der Waals surface area contributed by atoms with Crippen LogP contribution in [0.1, 0.15) is 0 Å². The smallest absolute Gasteiger partial charge is 0.00137 e. The van der Waals surface area contributed by atoms with E-state index in [0.717, 1.165) is 0 Å². The predicted molar refractivity (Wildman–Crippen MR) is 335 cm³/mol. The van der Waals surface area contributed by atoms with Crippen molar-refractivity contribution < 1.29 is 0 Å². The van der Waals surface area contributed by atoms with Crippen LogP contribution in [0.3, 0.4) is 0 Å². The molecule has 15 aromatic carbocycles. The first-order valence-electron chi connectivity index (χ1n) is 27.1. The van der Waals surface area contributed by atoms with Crippen molar-refractivity contribution >= 4 is 64.6 Å². The highest BCUT2D eigenvalue weighted by Gasteiger charge is 2.28. The molecule has 0 aliphatic carbocycles. The van der Waals surface area contributed by atoms with Crippen molar-refractivity contribution in [3.63, 3.8) is 0 Å². The molecule has 0 N–H and O–H groups in total. The quantitative estimate of drug-likeness (QED) is 0.105. The average Bonchev–Trinajstić information content (AvgIpc) is 3.55. The van der Waals surface area contributed by atoms with Gasteiger partial charge in [0.2, 0.25) is 0 Å². The van der Waals surface area contributed by atoms with E-state index < -0.39 is 0 Å². The molecule has 0 saturated carbocycles. The van der Waals surface area contributed by atoms with Gasteiger partial charge >= 0.3 is 0 Å². The summed E-state index contributed by atoms with van der Waals surface area (Å²) in [4.78, 5) is 0. The standard InChI is InChI=1S/C78H50/c1-7-27-51(28-8-1)67-49-69(75-61-43-23-19-39-57(61)71(53-31-11-3-12-32-53)58-40-20-24-44-62(58)75)73(55-35-15-5-16-36-55)65-47-48-66-74(56-37-17-6-18-38-56)70(50-68(78(66)77(65)67)52-29-9-2-10-30-52)76-63-45-25-21-41-59(63)72(54-33-13-4-14-34-54)60-42-22-26-46-64(60)76/h1-50H. The molecule has 0 fully saturated rings. The summed E-state index contributed by atoms with van der Waals surface area (Å²) in [5.41, 5.74) is 19.3. The molecular formula is C78H50. The SMILES string of the molecule is c1ccc(-c2c3ccccc3c(-c3cc(-c4ccccc4)c4c(ccc5c(-c6ccccc6)c(-c6c7ccccc7c(-c7ccccc7)c7ccccc67)cc(-c6ccccc6)c54)c3-c3ccccc3)c3ccccc23)cc1. The molecule has 0 spiro atoms.